The van der Waals surface area contributed by atoms with Crippen LogP contribution in [-0.4, -0.2) is 113 Å². The fourth-order valence-corrected chi connectivity index (χ4v) is 5.33. The minimum absolute atomic E-state index is 0.131. The summed E-state index contributed by atoms with van der Waals surface area (Å²) in [6, 6.07) is 19.9. The molecule has 53 heavy (non-hydrogen) atoms. The van der Waals surface area contributed by atoms with Crippen LogP contribution in [0, 0.1) is 0 Å². The average molecular weight is 729 g/mol. The standard InChI is InChI=1S/C37H44N8O8/c1-25(40-36(51)43-18-20-44(21-19-43)37(52)53-24-27-10-5-4-6-11-27)34(49)39-26(2)35(50)41-45(23-31(38)46)33(48)17-16-32(47)42(3)22-29-14-9-13-28-12-7-8-15-30(28)29/h4-17,25-26H,18-24H2,1-3H3,(H2,38,46)(H,39,49)(H,40,51)(H,41,50)/b17-16+/t25-,26-/m0/s1. The first-order valence-electron chi connectivity index (χ1n) is 16.9. The van der Waals surface area contributed by atoms with E-state index in [0.717, 1.165) is 34.1 Å². The summed E-state index contributed by atoms with van der Waals surface area (Å²) < 4.78 is 5.35. The topological polar surface area (TPSA) is 204 Å². The van der Waals surface area contributed by atoms with Crippen LogP contribution >= 0.6 is 0 Å². The summed E-state index contributed by atoms with van der Waals surface area (Å²) in [5.41, 5.74) is 9.29. The normalized spacial score (nSPS) is 13.8. The number of hydrogen-bond donors (Lipinski definition) is 4. The van der Waals surface area contributed by atoms with Crippen LogP contribution in [0.2, 0.25) is 0 Å². The van der Waals surface area contributed by atoms with Gasteiger partial charge in [0.15, 0.2) is 0 Å². The Labute approximate surface area is 306 Å². The summed E-state index contributed by atoms with van der Waals surface area (Å²) in [6.07, 6.45) is 1.43. The largest absolute Gasteiger partial charge is 0.445 e. The van der Waals surface area contributed by atoms with E-state index in [-0.39, 0.29) is 39.3 Å². The predicted octanol–water partition coefficient (Wildman–Crippen LogP) is 1.26. The van der Waals surface area contributed by atoms with Crippen LogP contribution in [0.25, 0.3) is 10.8 Å². The molecule has 3 aromatic carbocycles. The molecule has 16 heteroatoms. The quantitative estimate of drug-likeness (QED) is 0.158. The molecule has 0 aromatic heterocycles. The first-order chi connectivity index (χ1) is 25.3. The minimum Gasteiger partial charge on any atom is -0.445 e. The SMILES string of the molecule is C[C@H](NC(=O)[C@H](C)NC(=O)N1CCN(C(=O)OCc2ccccc2)CC1)C(=O)NN(CC(N)=O)C(=O)/C=C/C(=O)N(C)Cc1cccc2ccccc12. The van der Waals surface area contributed by atoms with Crippen molar-refractivity contribution in [1.82, 2.24) is 35.8 Å². The van der Waals surface area contributed by atoms with Gasteiger partial charge < -0.3 is 35.8 Å². The number of hydrogen-bond acceptors (Lipinski definition) is 8. The molecule has 0 radical (unpaired) electrons. The monoisotopic (exact) mass is 728 g/mol. The van der Waals surface area contributed by atoms with Crippen LogP contribution in [0.15, 0.2) is 84.9 Å². The Balaban J connectivity index is 1.22. The third-order valence-corrected chi connectivity index (χ3v) is 8.37. The number of amides is 8. The lowest BCUT2D eigenvalue weighted by Gasteiger charge is -2.34. The molecular formula is C37H44N8O8. The Bertz CT molecular complexity index is 1840. The molecular weight excluding hydrogens is 684 g/mol. The maximum Gasteiger partial charge on any atom is 0.410 e. The lowest BCUT2D eigenvalue weighted by atomic mass is 10.0. The molecule has 1 aliphatic rings. The number of urea groups is 1. The Morgan fingerprint density at radius 1 is 0.774 bits per heavy atom. The van der Waals surface area contributed by atoms with Gasteiger partial charge in [0.2, 0.25) is 17.7 Å². The molecule has 0 spiro atoms. The molecule has 1 fully saturated rings. The van der Waals surface area contributed by atoms with Crippen molar-refractivity contribution in [3.05, 3.63) is 96.1 Å². The van der Waals surface area contributed by atoms with Gasteiger partial charge in [0.1, 0.15) is 25.2 Å². The van der Waals surface area contributed by atoms with Gasteiger partial charge in [-0.15, -0.1) is 0 Å². The van der Waals surface area contributed by atoms with Crippen LogP contribution in [0.5, 0.6) is 0 Å². The zero-order valence-corrected chi connectivity index (χ0v) is 29.8. The van der Waals surface area contributed by atoms with Gasteiger partial charge in [-0.2, -0.15) is 0 Å². The van der Waals surface area contributed by atoms with Crippen molar-refractivity contribution in [1.29, 1.82) is 0 Å². The fraction of sp³-hybridized carbons (Fsp3) is 0.324. The number of nitrogens with two attached hydrogens (primary N) is 1. The first-order valence-corrected chi connectivity index (χ1v) is 16.9. The van der Waals surface area contributed by atoms with Crippen LogP contribution < -0.4 is 21.8 Å². The van der Waals surface area contributed by atoms with Crippen LogP contribution in [0.1, 0.15) is 25.0 Å². The Morgan fingerprint density at radius 3 is 2.08 bits per heavy atom. The van der Waals surface area contributed by atoms with E-state index in [1.54, 1.807) is 7.05 Å². The number of carbonyl (C=O) groups excluding carboxylic acids is 7. The van der Waals surface area contributed by atoms with Crippen molar-refractivity contribution >= 4 is 52.4 Å². The number of fused-ring (bicyclic) bond motifs is 1. The Morgan fingerprint density at radius 2 is 1.38 bits per heavy atom. The predicted molar refractivity (Wildman–Crippen MR) is 194 cm³/mol. The fourth-order valence-electron chi connectivity index (χ4n) is 5.33. The van der Waals surface area contributed by atoms with Gasteiger partial charge in [0.05, 0.1) is 0 Å². The number of piperazine rings is 1. The second kappa shape index (κ2) is 18.7. The van der Waals surface area contributed by atoms with Crippen molar-refractivity contribution in [2.75, 3.05) is 39.8 Å². The highest BCUT2D eigenvalue weighted by Gasteiger charge is 2.28. The number of nitrogens with one attached hydrogen (secondary N) is 3. The number of carbonyl (C=O) groups is 7. The van der Waals surface area contributed by atoms with Gasteiger partial charge in [-0.1, -0.05) is 72.8 Å². The molecule has 1 aliphatic heterocycles. The summed E-state index contributed by atoms with van der Waals surface area (Å²) in [4.78, 5) is 92.9. The highest BCUT2D eigenvalue weighted by molar-refractivity contribution is 5.99. The van der Waals surface area contributed by atoms with E-state index in [1.165, 1.54) is 28.5 Å². The van der Waals surface area contributed by atoms with Crippen molar-refractivity contribution in [3.63, 3.8) is 0 Å². The molecule has 4 rings (SSSR count). The molecule has 5 N–H and O–H groups in total. The van der Waals surface area contributed by atoms with Gasteiger partial charge in [-0.25, -0.2) is 14.6 Å². The molecule has 280 valence electrons. The van der Waals surface area contributed by atoms with E-state index < -0.39 is 60.3 Å². The molecule has 3 aromatic rings. The lowest BCUT2D eigenvalue weighted by molar-refractivity contribution is -0.142. The summed E-state index contributed by atoms with van der Waals surface area (Å²) in [5.74, 6) is -3.92. The molecule has 0 saturated carbocycles. The van der Waals surface area contributed by atoms with Gasteiger partial charge in [-0.05, 0) is 35.7 Å². The van der Waals surface area contributed by atoms with Crippen molar-refractivity contribution in [3.8, 4) is 0 Å². The maximum atomic E-state index is 12.9. The van der Waals surface area contributed by atoms with E-state index in [4.69, 9.17) is 10.5 Å². The molecule has 0 unspecified atom stereocenters. The second-order valence-corrected chi connectivity index (χ2v) is 12.4. The summed E-state index contributed by atoms with van der Waals surface area (Å²) in [5, 5.41) is 7.65. The Kier molecular flexibility index (Phi) is 13.9. The van der Waals surface area contributed by atoms with Gasteiger partial charge in [0, 0.05) is 51.9 Å². The number of likely N-dealkylation sites (N-methyl/N-ethyl adjacent to an activating group) is 1. The summed E-state index contributed by atoms with van der Waals surface area (Å²) in [6.45, 7) is 3.36. The Hall–Kier alpha value is -6.45. The number of primary amides is 1. The summed E-state index contributed by atoms with van der Waals surface area (Å²) in [7, 11) is 1.57. The zero-order valence-electron chi connectivity index (χ0n) is 29.8. The lowest BCUT2D eigenvalue weighted by Crippen LogP contribution is -2.58. The summed E-state index contributed by atoms with van der Waals surface area (Å²) >= 11 is 0. The van der Waals surface area contributed by atoms with Gasteiger partial charge >= 0.3 is 12.1 Å². The first kappa shape index (κ1) is 39.3. The van der Waals surface area contributed by atoms with E-state index >= 15 is 0 Å². The molecule has 8 amide bonds. The number of benzene rings is 3. The minimum atomic E-state index is -1.21. The number of nitrogens with zero attached hydrogens (tertiary/aromatic N) is 4. The van der Waals surface area contributed by atoms with Gasteiger partial charge in [-0.3, -0.25) is 29.4 Å². The van der Waals surface area contributed by atoms with Gasteiger partial charge in [0.25, 0.3) is 11.8 Å². The average Bonchev–Trinajstić information content (AvgIpc) is 3.15. The highest BCUT2D eigenvalue weighted by Crippen LogP contribution is 2.19. The second-order valence-electron chi connectivity index (χ2n) is 12.4. The van der Waals surface area contributed by atoms with E-state index in [0.29, 0.717) is 5.01 Å². The molecule has 0 bridgehead atoms. The third-order valence-electron chi connectivity index (χ3n) is 8.37. The molecule has 16 nitrogen and oxygen atoms in total. The highest BCUT2D eigenvalue weighted by atomic mass is 16.6. The maximum absolute atomic E-state index is 12.9. The van der Waals surface area contributed by atoms with Crippen molar-refractivity contribution in [2.45, 2.75) is 39.1 Å². The van der Waals surface area contributed by atoms with Crippen molar-refractivity contribution in [2.24, 2.45) is 5.73 Å². The van der Waals surface area contributed by atoms with Crippen LogP contribution in [0.3, 0.4) is 0 Å². The third kappa shape index (κ3) is 11.5. The van der Waals surface area contributed by atoms with Crippen molar-refractivity contribution < 1.29 is 38.3 Å². The molecule has 1 heterocycles. The molecule has 0 aliphatic carbocycles. The van der Waals surface area contributed by atoms with Crippen LogP contribution in [-0.2, 0) is 41.9 Å². The van der Waals surface area contributed by atoms with E-state index in [1.807, 2.05) is 72.8 Å². The van der Waals surface area contributed by atoms with E-state index in [2.05, 4.69) is 16.1 Å². The number of rotatable bonds is 12. The van der Waals surface area contributed by atoms with Crippen LogP contribution in [0.4, 0.5) is 9.59 Å². The number of ether oxygens (including phenoxy) is 1. The zero-order chi connectivity index (χ0) is 38.5. The van der Waals surface area contributed by atoms with E-state index in [9.17, 15) is 33.6 Å². The number of hydrazine groups is 1. The smallest absolute Gasteiger partial charge is 0.410 e. The molecule has 2 atom stereocenters. The molecule has 1 saturated heterocycles.